The van der Waals surface area contributed by atoms with Crippen molar-refractivity contribution in [1.82, 2.24) is 40.4 Å². The lowest BCUT2D eigenvalue weighted by Gasteiger charge is -2.31. The molecule has 13 nitrogen and oxygen atoms in total. The summed E-state index contributed by atoms with van der Waals surface area (Å²) in [6.45, 7) is 16.1. The van der Waals surface area contributed by atoms with E-state index in [1.165, 1.54) is 14.2 Å². The van der Waals surface area contributed by atoms with Crippen molar-refractivity contribution in [3.8, 4) is 33.6 Å². The fourth-order valence-corrected chi connectivity index (χ4v) is 7.10. The molecule has 3 amide bonds. The lowest BCUT2D eigenvalue weighted by Crippen LogP contribution is -2.46. The van der Waals surface area contributed by atoms with Gasteiger partial charge in [-0.25, -0.2) is 14.8 Å². The van der Waals surface area contributed by atoms with Gasteiger partial charge in [0.15, 0.2) is 5.88 Å². The minimum Gasteiger partial charge on any atom is -0.483 e. The minimum absolute atomic E-state index is 0.0694. The normalized spacial score (nSPS) is 17.3. The Balaban J connectivity index is 1.28. The van der Waals surface area contributed by atoms with Gasteiger partial charge in [0.2, 0.25) is 11.8 Å². The Morgan fingerprint density at radius 3 is 1.71 bits per heavy atom. The highest BCUT2D eigenvalue weighted by Crippen LogP contribution is 2.43. The number of ether oxygens (including phenoxy) is 2. The fourth-order valence-electron chi connectivity index (χ4n) is 6.58. The van der Waals surface area contributed by atoms with Gasteiger partial charge in [0.25, 0.3) is 0 Å². The molecule has 4 N–H and O–H groups in total. The van der Waals surface area contributed by atoms with Crippen LogP contribution in [-0.4, -0.2) is 86.5 Å². The molecule has 0 spiro atoms. The number of carbonyl (C=O) groups excluding carboxylic acids is 3. The van der Waals surface area contributed by atoms with E-state index in [2.05, 4.69) is 45.8 Å². The molecule has 0 radical (unpaired) electrons. The number of aromatic amines is 2. The first kappa shape index (κ1) is 41.2. The lowest BCUT2D eigenvalue weighted by atomic mass is 10.0. The summed E-state index contributed by atoms with van der Waals surface area (Å²) in [7, 11) is 2.75. The smallest absolute Gasteiger partial charge is 0.407 e. The number of imidazole rings is 2. The zero-order valence-corrected chi connectivity index (χ0v) is 34.0. The van der Waals surface area contributed by atoms with Gasteiger partial charge in [0, 0.05) is 23.2 Å². The van der Waals surface area contributed by atoms with Crippen molar-refractivity contribution in [1.29, 1.82) is 0 Å². The Hall–Kier alpha value is -5.01. The van der Waals surface area contributed by atoms with Crippen LogP contribution in [0.25, 0.3) is 33.6 Å². The molecule has 5 rings (SSSR count). The Labute approximate surface area is 332 Å². The van der Waals surface area contributed by atoms with E-state index in [0.717, 1.165) is 22.3 Å². The molecule has 2 heterocycles. The molecule has 294 valence electrons. The molecule has 4 aromatic rings. The molecule has 0 aliphatic heterocycles. The molecule has 1 fully saturated rings. The Morgan fingerprint density at radius 1 is 0.800 bits per heavy atom. The van der Waals surface area contributed by atoms with Crippen molar-refractivity contribution in [2.45, 2.75) is 72.8 Å². The number of amides is 3. The van der Waals surface area contributed by atoms with Gasteiger partial charge in [-0.1, -0.05) is 99.4 Å². The maximum absolute atomic E-state index is 13.5. The van der Waals surface area contributed by atoms with Gasteiger partial charge < -0.3 is 39.9 Å². The second kappa shape index (κ2) is 17.6. The summed E-state index contributed by atoms with van der Waals surface area (Å²) in [5, 5.41) is 6.22. The zero-order chi connectivity index (χ0) is 40.1. The second-order valence-electron chi connectivity index (χ2n) is 14.4. The molecule has 2 unspecified atom stereocenters. The fraction of sp³-hybridized carbons (Fsp3) is 0.425. The summed E-state index contributed by atoms with van der Waals surface area (Å²) in [5.74, 6) is 2.02. The van der Waals surface area contributed by atoms with Gasteiger partial charge in [0.05, 0.1) is 27.3 Å². The van der Waals surface area contributed by atoms with Gasteiger partial charge in [0.1, 0.15) is 45.9 Å². The summed E-state index contributed by atoms with van der Waals surface area (Å²) < 4.78 is 9.72. The van der Waals surface area contributed by atoms with Crippen molar-refractivity contribution < 1.29 is 23.9 Å². The molecule has 1 saturated carbocycles. The quantitative estimate of drug-likeness (QED) is 0.0865. The first-order valence-electron chi connectivity index (χ1n) is 18.2. The van der Waals surface area contributed by atoms with Crippen molar-refractivity contribution in [2.24, 2.45) is 17.8 Å². The molecule has 5 atom stereocenters. The number of nitrogens with zero attached hydrogens (tertiary/aromatic N) is 4. The standard InChI is InChI=1S/C40H50Cl2N8O5/c1-21(2)25(6)49(33(51)18-43-40(53)55-9)19-31-45-34(37(41)47-31)29-14-10-27(11-15-29)28-12-16-30(17-13-28)35-38(42)48-32(46-35)20-50(36-22(3)23(36)4)39(52)24(5)44-26(7)54-8/h10-17,21-25,36,44H,7,18-20H2,1-6,8-9H3,(H,43,53)(H,45,47)(H,46,48)/t22-,23?,24+,25-,36?/m1/s1. The number of hydrogen-bond acceptors (Lipinski definition) is 8. The predicted molar refractivity (Wildman–Crippen MR) is 214 cm³/mol. The van der Waals surface area contributed by atoms with Crippen LogP contribution < -0.4 is 10.6 Å². The molecule has 0 saturated heterocycles. The maximum atomic E-state index is 13.5. The number of carbonyl (C=O) groups is 3. The summed E-state index contributed by atoms with van der Waals surface area (Å²) >= 11 is 13.3. The third kappa shape index (κ3) is 9.63. The molecule has 55 heavy (non-hydrogen) atoms. The van der Waals surface area contributed by atoms with E-state index >= 15 is 0 Å². The minimum atomic E-state index is -0.676. The maximum Gasteiger partial charge on any atom is 0.407 e. The molecule has 15 heteroatoms. The van der Waals surface area contributed by atoms with E-state index in [1.54, 1.807) is 11.8 Å². The van der Waals surface area contributed by atoms with Crippen LogP contribution in [-0.2, 0) is 32.2 Å². The highest BCUT2D eigenvalue weighted by atomic mass is 35.5. The molecule has 1 aliphatic carbocycles. The number of H-pyrrole nitrogens is 2. The van der Waals surface area contributed by atoms with Crippen LogP contribution in [0.2, 0.25) is 10.3 Å². The SMILES string of the molecule is C=C(N[C@@H](C)C(=O)N(Cc1nc(-c2ccc(-c3ccc(-c4nc(CN(C(=O)CNC(=O)OC)[C@H](C)C(C)C)[nH]c4Cl)cc3)cc2)c(Cl)[nH]1)C1C(C)[C@H]1C)OC. The van der Waals surface area contributed by atoms with Crippen molar-refractivity contribution >= 4 is 41.1 Å². The molecule has 2 aromatic carbocycles. The van der Waals surface area contributed by atoms with Gasteiger partial charge in [-0.2, -0.15) is 0 Å². The lowest BCUT2D eigenvalue weighted by molar-refractivity contribution is -0.135. The average molecular weight is 794 g/mol. The average Bonchev–Trinajstić information content (AvgIpc) is 3.42. The number of alkyl carbamates (subject to hydrolysis) is 1. The first-order chi connectivity index (χ1) is 26.1. The number of nitrogens with one attached hydrogen (secondary N) is 4. The number of methoxy groups -OCH3 is 2. The van der Waals surface area contributed by atoms with Crippen molar-refractivity contribution in [2.75, 3.05) is 20.8 Å². The zero-order valence-electron chi connectivity index (χ0n) is 32.5. The Bertz CT molecular complexity index is 1990. The van der Waals surface area contributed by atoms with Gasteiger partial charge >= 0.3 is 6.09 Å². The van der Waals surface area contributed by atoms with E-state index in [9.17, 15) is 14.4 Å². The van der Waals surface area contributed by atoms with Crippen LogP contribution in [0.4, 0.5) is 4.79 Å². The summed E-state index contributed by atoms with van der Waals surface area (Å²) in [6, 6.07) is 15.3. The van der Waals surface area contributed by atoms with E-state index < -0.39 is 12.1 Å². The number of hydrogen-bond donors (Lipinski definition) is 4. The number of halogens is 2. The number of rotatable bonds is 16. The third-order valence-corrected chi connectivity index (χ3v) is 11.0. The first-order valence-corrected chi connectivity index (χ1v) is 19.0. The van der Waals surface area contributed by atoms with E-state index in [-0.39, 0.29) is 49.5 Å². The topological polar surface area (TPSA) is 158 Å². The van der Waals surface area contributed by atoms with Gasteiger partial charge in [-0.05, 0) is 49.3 Å². The highest BCUT2D eigenvalue weighted by Gasteiger charge is 2.49. The van der Waals surface area contributed by atoms with Crippen molar-refractivity contribution in [3.05, 3.63) is 82.9 Å². The highest BCUT2D eigenvalue weighted by molar-refractivity contribution is 6.32. The summed E-state index contributed by atoms with van der Waals surface area (Å²) in [6.07, 6.45) is -0.676. The molecule has 0 bridgehead atoms. The van der Waals surface area contributed by atoms with Crippen LogP contribution >= 0.6 is 23.2 Å². The van der Waals surface area contributed by atoms with Crippen LogP contribution in [0.3, 0.4) is 0 Å². The molecule has 1 aliphatic rings. The third-order valence-electron chi connectivity index (χ3n) is 10.5. The Morgan fingerprint density at radius 2 is 1.27 bits per heavy atom. The largest absolute Gasteiger partial charge is 0.483 e. The van der Waals surface area contributed by atoms with Crippen LogP contribution in [0, 0.1) is 17.8 Å². The van der Waals surface area contributed by atoms with Crippen LogP contribution in [0.5, 0.6) is 0 Å². The van der Waals surface area contributed by atoms with Crippen molar-refractivity contribution in [3.63, 3.8) is 0 Å². The van der Waals surface area contributed by atoms with E-state index in [4.69, 9.17) is 37.9 Å². The molecular weight excluding hydrogens is 743 g/mol. The van der Waals surface area contributed by atoms with Gasteiger partial charge in [-0.3, -0.25) is 9.59 Å². The molecule has 2 aromatic heterocycles. The Kier molecular flexibility index (Phi) is 13.2. The van der Waals surface area contributed by atoms with Gasteiger partial charge in [-0.15, -0.1) is 0 Å². The van der Waals surface area contributed by atoms with E-state index in [0.29, 0.717) is 51.1 Å². The molecular formula is C40H50Cl2N8O5. The van der Waals surface area contributed by atoms with Crippen LogP contribution in [0.1, 0.15) is 53.2 Å². The number of aromatic nitrogens is 4. The second-order valence-corrected chi connectivity index (χ2v) is 15.1. The summed E-state index contributed by atoms with van der Waals surface area (Å²) in [4.78, 5) is 57.5. The predicted octanol–water partition coefficient (Wildman–Crippen LogP) is 7.25. The summed E-state index contributed by atoms with van der Waals surface area (Å²) in [5.41, 5.74) is 4.78. The monoisotopic (exact) mass is 792 g/mol. The van der Waals surface area contributed by atoms with E-state index in [1.807, 2.05) is 74.2 Å². The van der Waals surface area contributed by atoms with Crippen LogP contribution in [0.15, 0.2) is 61.0 Å². The number of benzene rings is 2.